The zero-order chi connectivity index (χ0) is 14.3. The summed E-state index contributed by atoms with van der Waals surface area (Å²) < 4.78 is 5.45. The van der Waals surface area contributed by atoms with Gasteiger partial charge in [-0.15, -0.1) is 0 Å². The van der Waals surface area contributed by atoms with Crippen molar-refractivity contribution in [1.29, 1.82) is 0 Å². The lowest BCUT2D eigenvalue weighted by Crippen LogP contribution is -2.49. The number of nitrogens with zero attached hydrogens (tertiary/aromatic N) is 1. The van der Waals surface area contributed by atoms with Gasteiger partial charge >= 0.3 is 0 Å². The molecule has 0 aliphatic carbocycles. The zero-order valence-electron chi connectivity index (χ0n) is 13.1. The second-order valence-electron chi connectivity index (χ2n) is 6.43. The van der Waals surface area contributed by atoms with Crippen molar-refractivity contribution in [3.8, 4) is 0 Å². The van der Waals surface area contributed by atoms with Gasteiger partial charge in [0.1, 0.15) is 0 Å². The Morgan fingerprint density at radius 1 is 1.42 bits per heavy atom. The molecule has 0 aromatic rings. The molecule has 0 bridgehead atoms. The Balaban J connectivity index is 2.21. The molecule has 0 amide bonds. The van der Waals surface area contributed by atoms with Crippen LogP contribution < -0.4 is 5.32 Å². The van der Waals surface area contributed by atoms with Crippen molar-refractivity contribution in [3.63, 3.8) is 0 Å². The van der Waals surface area contributed by atoms with Crippen LogP contribution in [0.2, 0.25) is 0 Å². The SMILES string of the molecule is CC(C)NC(C)(CO)CCCCN1CCOCC1C. The summed E-state index contributed by atoms with van der Waals surface area (Å²) in [6.07, 6.45) is 3.38. The summed E-state index contributed by atoms with van der Waals surface area (Å²) >= 11 is 0. The van der Waals surface area contributed by atoms with Gasteiger partial charge in [-0.05, 0) is 33.2 Å². The second kappa shape index (κ2) is 8.20. The molecule has 1 heterocycles. The van der Waals surface area contributed by atoms with Gasteiger partial charge in [-0.1, -0.05) is 20.3 Å². The maximum Gasteiger partial charge on any atom is 0.0619 e. The van der Waals surface area contributed by atoms with Gasteiger partial charge in [-0.3, -0.25) is 4.90 Å². The van der Waals surface area contributed by atoms with E-state index in [1.54, 1.807) is 0 Å². The van der Waals surface area contributed by atoms with Crippen molar-refractivity contribution < 1.29 is 9.84 Å². The molecular weight excluding hydrogens is 240 g/mol. The summed E-state index contributed by atoms with van der Waals surface area (Å²) in [6.45, 7) is 12.8. The summed E-state index contributed by atoms with van der Waals surface area (Å²) in [7, 11) is 0. The number of ether oxygens (including phenoxy) is 1. The van der Waals surface area contributed by atoms with Gasteiger partial charge in [0.05, 0.1) is 19.8 Å². The van der Waals surface area contributed by atoms with Gasteiger partial charge < -0.3 is 15.2 Å². The van der Waals surface area contributed by atoms with Crippen LogP contribution >= 0.6 is 0 Å². The van der Waals surface area contributed by atoms with Gasteiger partial charge in [0.25, 0.3) is 0 Å². The lowest BCUT2D eigenvalue weighted by Gasteiger charge is -2.34. The van der Waals surface area contributed by atoms with E-state index in [2.05, 4.69) is 37.9 Å². The van der Waals surface area contributed by atoms with E-state index in [-0.39, 0.29) is 12.1 Å². The highest BCUT2D eigenvalue weighted by Gasteiger charge is 2.23. The number of rotatable bonds is 8. The van der Waals surface area contributed by atoms with Gasteiger partial charge in [0.2, 0.25) is 0 Å². The first-order chi connectivity index (χ1) is 8.97. The molecule has 2 unspecified atom stereocenters. The number of hydrogen-bond acceptors (Lipinski definition) is 4. The summed E-state index contributed by atoms with van der Waals surface area (Å²) in [5.41, 5.74) is -0.134. The van der Waals surface area contributed by atoms with Gasteiger partial charge in [-0.25, -0.2) is 0 Å². The van der Waals surface area contributed by atoms with Crippen LogP contribution in [0.4, 0.5) is 0 Å². The minimum Gasteiger partial charge on any atom is -0.394 e. The van der Waals surface area contributed by atoms with Crippen molar-refractivity contribution in [2.45, 2.75) is 64.6 Å². The molecule has 1 aliphatic rings. The fourth-order valence-corrected chi connectivity index (χ4v) is 2.82. The Labute approximate surface area is 118 Å². The van der Waals surface area contributed by atoms with Crippen LogP contribution in [0, 0.1) is 0 Å². The van der Waals surface area contributed by atoms with Crippen molar-refractivity contribution in [1.82, 2.24) is 10.2 Å². The van der Waals surface area contributed by atoms with E-state index in [1.165, 1.54) is 6.42 Å². The van der Waals surface area contributed by atoms with Crippen molar-refractivity contribution in [2.24, 2.45) is 0 Å². The minimum atomic E-state index is -0.134. The van der Waals surface area contributed by atoms with E-state index >= 15 is 0 Å². The number of aliphatic hydroxyl groups is 1. The second-order valence-corrected chi connectivity index (χ2v) is 6.43. The Morgan fingerprint density at radius 3 is 2.74 bits per heavy atom. The summed E-state index contributed by atoms with van der Waals surface area (Å²) in [5.74, 6) is 0. The third kappa shape index (κ3) is 6.21. The fourth-order valence-electron chi connectivity index (χ4n) is 2.82. The molecule has 1 aliphatic heterocycles. The highest BCUT2D eigenvalue weighted by molar-refractivity contribution is 4.84. The maximum atomic E-state index is 9.53. The molecule has 19 heavy (non-hydrogen) atoms. The molecule has 2 atom stereocenters. The maximum absolute atomic E-state index is 9.53. The molecule has 0 aromatic heterocycles. The van der Waals surface area contributed by atoms with E-state index in [0.717, 1.165) is 39.1 Å². The average molecular weight is 272 g/mol. The first-order valence-electron chi connectivity index (χ1n) is 7.67. The minimum absolute atomic E-state index is 0.134. The predicted molar refractivity (Wildman–Crippen MR) is 79.5 cm³/mol. The molecule has 2 N–H and O–H groups in total. The average Bonchev–Trinajstić information content (AvgIpc) is 2.36. The van der Waals surface area contributed by atoms with Crippen LogP contribution in [-0.2, 0) is 4.74 Å². The molecule has 0 aromatic carbocycles. The van der Waals surface area contributed by atoms with Crippen LogP contribution in [-0.4, -0.2) is 60.5 Å². The third-order valence-electron chi connectivity index (χ3n) is 3.92. The first-order valence-corrected chi connectivity index (χ1v) is 7.67. The highest BCUT2D eigenvalue weighted by atomic mass is 16.5. The van der Waals surface area contributed by atoms with Crippen LogP contribution in [0.15, 0.2) is 0 Å². The van der Waals surface area contributed by atoms with E-state index in [4.69, 9.17) is 4.74 Å². The Morgan fingerprint density at radius 2 is 2.16 bits per heavy atom. The molecule has 4 nitrogen and oxygen atoms in total. The van der Waals surface area contributed by atoms with E-state index < -0.39 is 0 Å². The summed E-state index contributed by atoms with van der Waals surface area (Å²) in [5, 5.41) is 13.0. The summed E-state index contributed by atoms with van der Waals surface area (Å²) in [4.78, 5) is 2.51. The smallest absolute Gasteiger partial charge is 0.0619 e. The number of nitrogens with one attached hydrogen (secondary N) is 1. The van der Waals surface area contributed by atoms with E-state index in [1.807, 2.05) is 0 Å². The monoisotopic (exact) mass is 272 g/mol. The Bertz CT molecular complexity index is 248. The molecule has 0 radical (unpaired) electrons. The normalized spacial score (nSPS) is 24.6. The molecule has 114 valence electrons. The Kier molecular flexibility index (Phi) is 7.29. The van der Waals surface area contributed by atoms with Crippen LogP contribution in [0.3, 0.4) is 0 Å². The van der Waals surface area contributed by atoms with Crippen LogP contribution in [0.5, 0.6) is 0 Å². The van der Waals surface area contributed by atoms with E-state index in [0.29, 0.717) is 12.1 Å². The standard InChI is InChI=1S/C15H32N2O2/c1-13(2)16-15(4,12-18)7-5-6-8-17-9-10-19-11-14(17)3/h13-14,16,18H,5-12H2,1-4H3. The molecule has 1 fully saturated rings. The topological polar surface area (TPSA) is 44.7 Å². The molecule has 0 saturated carbocycles. The van der Waals surface area contributed by atoms with Crippen LogP contribution in [0.1, 0.15) is 47.0 Å². The Hall–Kier alpha value is -0.160. The molecular formula is C15H32N2O2. The van der Waals surface area contributed by atoms with Crippen molar-refractivity contribution in [3.05, 3.63) is 0 Å². The largest absolute Gasteiger partial charge is 0.394 e. The van der Waals surface area contributed by atoms with Crippen molar-refractivity contribution in [2.75, 3.05) is 32.9 Å². The third-order valence-corrected chi connectivity index (χ3v) is 3.92. The lowest BCUT2D eigenvalue weighted by molar-refractivity contribution is -0.00124. The summed E-state index contributed by atoms with van der Waals surface area (Å²) in [6, 6.07) is 0.961. The molecule has 1 rings (SSSR count). The fraction of sp³-hybridized carbons (Fsp3) is 1.00. The van der Waals surface area contributed by atoms with Crippen LogP contribution in [0.25, 0.3) is 0 Å². The lowest BCUT2D eigenvalue weighted by atomic mass is 9.94. The number of hydrogen-bond donors (Lipinski definition) is 2. The first kappa shape index (κ1) is 16.9. The van der Waals surface area contributed by atoms with Crippen molar-refractivity contribution >= 4 is 0 Å². The number of aliphatic hydroxyl groups excluding tert-OH is 1. The number of unbranched alkanes of at least 4 members (excludes halogenated alkanes) is 1. The van der Waals surface area contributed by atoms with E-state index in [9.17, 15) is 5.11 Å². The quantitative estimate of drug-likeness (QED) is 0.659. The molecule has 4 heteroatoms. The van der Waals surface area contributed by atoms with Gasteiger partial charge in [0.15, 0.2) is 0 Å². The predicted octanol–water partition coefficient (Wildman–Crippen LogP) is 1.63. The molecule has 0 spiro atoms. The number of morpholine rings is 1. The van der Waals surface area contributed by atoms with Gasteiger partial charge in [0, 0.05) is 24.2 Å². The zero-order valence-corrected chi connectivity index (χ0v) is 13.1. The van der Waals surface area contributed by atoms with Gasteiger partial charge in [-0.2, -0.15) is 0 Å². The highest BCUT2D eigenvalue weighted by Crippen LogP contribution is 2.15. The molecule has 1 saturated heterocycles.